The molecule has 0 atom stereocenters. The first-order valence-corrected chi connectivity index (χ1v) is 5.57. The zero-order chi connectivity index (χ0) is 11.5. The van der Waals surface area contributed by atoms with Crippen LogP contribution in [0.15, 0.2) is 29.3 Å². The number of nitrogens with zero attached hydrogens (tertiary/aromatic N) is 1. The van der Waals surface area contributed by atoms with Gasteiger partial charge in [0.05, 0.1) is 10.9 Å². The molecule has 0 aliphatic rings. The van der Waals surface area contributed by atoms with Crippen LogP contribution in [0.2, 0.25) is 0 Å². The molecule has 15 heavy (non-hydrogen) atoms. The molecular formula is C14H21N. The molecule has 0 aromatic heterocycles. The van der Waals surface area contributed by atoms with Gasteiger partial charge in [-0.05, 0) is 51.8 Å². The Bertz CT molecular complexity index is 402. The summed E-state index contributed by atoms with van der Waals surface area (Å²) < 4.78 is 0. The molecule has 1 rings (SSSR count). The van der Waals surface area contributed by atoms with E-state index >= 15 is 0 Å². The molecule has 0 unspecified atom stereocenters. The summed E-state index contributed by atoms with van der Waals surface area (Å²) in [6, 6.07) is 8.54. The standard InChI is InChI=1S/C14H21N/c1-6-14(4,5)15-13-8-7-11(2)9-12(3)10-13/h7-10H,6H2,1-5H3. The summed E-state index contributed by atoms with van der Waals surface area (Å²) in [6.45, 7) is 10.7. The van der Waals surface area contributed by atoms with Gasteiger partial charge >= 0.3 is 0 Å². The molecule has 82 valence electrons. The van der Waals surface area contributed by atoms with E-state index in [0.717, 1.165) is 11.8 Å². The minimum atomic E-state index is 0.0364. The van der Waals surface area contributed by atoms with E-state index < -0.39 is 0 Å². The molecular weight excluding hydrogens is 182 g/mol. The molecule has 0 heterocycles. The maximum atomic E-state index is 4.75. The summed E-state index contributed by atoms with van der Waals surface area (Å²) in [6.07, 6.45) is 1.06. The Morgan fingerprint density at radius 2 is 1.73 bits per heavy atom. The number of aryl methyl sites for hydroxylation is 2. The lowest BCUT2D eigenvalue weighted by Crippen LogP contribution is -2.19. The van der Waals surface area contributed by atoms with Crippen LogP contribution in [-0.2, 0) is 0 Å². The maximum Gasteiger partial charge on any atom is 0.0583 e. The first-order chi connectivity index (χ1) is 6.93. The Balaban J connectivity index is 3.28. The molecule has 1 aromatic rings. The number of hydrogen-bond acceptors (Lipinski definition) is 1. The van der Waals surface area contributed by atoms with Crippen LogP contribution in [-0.4, -0.2) is 5.54 Å². The lowest BCUT2D eigenvalue weighted by atomic mass is 10.0. The average molecular weight is 203 g/mol. The fourth-order valence-electron chi connectivity index (χ4n) is 1.45. The molecule has 1 heteroatoms. The van der Waals surface area contributed by atoms with Crippen molar-refractivity contribution in [3.8, 4) is 0 Å². The molecule has 0 amide bonds. The zero-order valence-corrected chi connectivity index (χ0v) is 10.5. The first kappa shape index (κ1) is 12.0. The van der Waals surface area contributed by atoms with Crippen LogP contribution in [0, 0.1) is 13.8 Å². The molecule has 0 fully saturated rings. The van der Waals surface area contributed by atoms with Gasteiger partial charge in [0.2, 0.25) is 0 Å². The van der Waals surface area contributed by atoms with Gasteiger partial charge in [-0.3, -0.25) is 4.99 Å². The predicted octanol–water partition coefficient (Wildman–Crippen LogP) is 3.39. The van der Waals surface area contributed by atoms with Gasteiger partial charge in [0.1, 0.15) is 0 Å². The summed E-state index contributed by atoms with van der Waals surface area (Å²) in [7, 11) is 0. The fourth-order valence-corrected chi connectivity index (χ4v) is 1.45. The van der Waals surface area contributed by atoms with Gasteiger partial charge in [-0.25, -0.2) is 0 Å². The van der Waals surface area contributed by atoms with E-state index in [1.165, 1.54) is 11.1 Å². The molecule has 0 aliphatic heterocycles. The van der Waals surface area contributed by atoms with E-state index in [2.05, 4.69) is 58.9 Å². The molecule has 0 spiro atoms. The first-order valence-electron chi connectivity index (χ1n) is 5.57. The molecule has 0 aliphatic carbocycles. The minimum Gasteiger partial charge on any atom is -0.279 e. The molecule has 1 aromatic carbocycles. The third-order valence-corrected chi connectivity index (χ3v) is 2.64. The van der Waals surface area contributed by atoms with Crippen LogP contribution in [0.1, 0.15) is 38.3 Å². The van der Waals surface area contributed by atoms with Crippen molar-refractivity contribution in [2.45, 2.75) is 46.6 Å². The SMILES string of the molecule is CCC(C)(C)N=c1ccc(C)cc(C)c1. The molecule has 0 saturated heterocycles. The quantitative estimate of drug-likeness (QED) is 0.698. The van der Waals surface area contributed by atoms with E-state index in [-0.39, 0.29) is 5.54 Å². The second-order valence-corrected chi connectivity index (χ2v) is 4.81. The van der Waals surface area contributed by atoms with E-state index in [1.54, 1.807) is 0 Å². The smallest absolute Gasteiger partial charge is 0.0583 e. The van der Waals surface area contributed by atoms with E-state index in [4.69, 9.17) is 4.99 Å². The lowest BCUT2D eigenvalue weighted by Gasteiger charge is -2.15. The molecule has 0 N–H and O–H groups in total. The Kier molecular flexibility index (Phi) is 3.67. The summed E-state index contributed by atoms with van der Waals surface area (Å²) in [4.78, 5) is 4.75. The van der Waals surface area contributed by atoms with Gasteiger partial charge in [-0.1, -0.05) is 24.6 Å². The highest BCUT2D eigenvalue weighted by molar-refractivity contribution is 5.19. The van der Waals surface area contributed by atoms with Gasteiger partial charge in [-0.15, -0.1) is 0 Å². The monoisotopic (exact) mass is 203 g/mol. The van der Waals surface area contributed by atoms with Crippen molar-refractivity contribution in [3.63, 3.8) is 0 Å². The molecule has 1 nitrogen and oxygen atoms in total. The van der Waals surface area contributed by atoms with Gasteiger partial charge in [-0.2, -0.15) is 0 Å². The summed E-state index contributed by atoms with van der Waals surface area (Å²) in [5, 5.41) is 1.08. The third-order valence-electron chi connectivity index (χ3n) is 2.64. The second kappa shape index (κ2) is 4.61. The minimum absolute atomic E-state index is 0.0364. The second-order valence-electron chi connectivity index (χ2n) is 4.81. The van der Waals surface area contributed by atoms with Crippen molar-refractivity contribution >= 4 is 0 Å². The van der Waals surface area contributed by atoms with Crippen LogP contribution in [0.3, 0.4) is 0 Å². The topological polar surface area (TPSA) is 12.4 Å². The Hall–Kier alpha value is -1.11. The van der Waals surface area contributed by atoms with Crippen LogP contribution in [0.25, 0.3) is 0 Å². The van der Waals surface area contributed by atoms with Crippen molar-refractivity contribution in [2.75, 3.05) is 0 Å². The molecule has 0 radical (unpaired) electrons. The van der Waals surface area contributed by atoms with Gasteiger partial charge in [0.25, 0.3) is 0 Å². The fraction of sp³-hybridized carbons (Fsp3) is 0.500. The van der Waals surface area contributed by atoms with Gasteiger partial charge in [0, 0.05) is 0 Å². The molecule has 0 bridgehead atoms. The number of rotatable bonds is 2. The lowest BCUT2D eigenvalue weighted by molar-refractivity contribution is 0.492. The zero-order valence-electron chi connectivity index (χ0n) is 10.5. The largest absolute Gasteiger partial charge is 0.279 e. The van der Waals surface area contributed by atoms with Crippen molar-refractivity contribution in [2.24, 2.45) is 4.99 Å². The Morgan fingerprint density at radius 1 is 1.07 bits per heavy atom. The predicted molar refractivity (Wildman–Crippen MR) is 65.8 cm³/mol. The number of hydrogen-bond donors (Lipinski definition) is 0. The normalized spacial score (nSPS) is 13.0. The third kappa shape index (κ3) is 3.86. The van der Waals surface area contributed by atoms with Gasteiger partial charge < -0.3 is 0 Å². The van der Waals surface area contributed by atoms with Crippen molar-refractivity contribution < 1.29 is 0 Å². The van der Waals surface area contributed by atoms with Crippen molar-refractivity contribution in [1.29, 1.82) is 0 Å². The van der Waals surface area contributed by atoms with Crippen LogP contribution in [0.5, 0.6) is 0 Å². The van der Waals surface area contributed by atoms with Crippen LogP contribution >= 0.6 is 0 Å². The highest BCUT2D eigenvalue weighted by atomic mass is 14.8. The van der Waals surface area contributed by atoms with Crippen LogP contribution in [0.4, 0.5) is 0 Å². The maximum absolute atomic E-state index is 4.75. The van der Waals surface area contributed by atoms with Crippen LogP contribution < -0.4 is 5.36 Å². The highest BCUT2D eigenvalue weighted by Crippen LogP contribution is 2.11. The highest BCUT2D eigenvalue weighted by Gasteiger charge is 2.10. The van der Waals surface area contributed by atoms with E-state index in [0.29, 0.717) is 0 Å². The van der Waals surface area contributed by atoms with Crippen molar-refractivity contribution in [1.82, 2.24) is 0 Å². The Labute approximate surface area is 92.9 Å². The molecule has 0 saturated carbocycles. The average Bonchev–Trinajstić information content (AvgIpc) is 2.27. The summed E-state index contributed by atoms with van der Waals surface area (Å²) in [5.74, 6) is 0. The summed E-state index contributed by atoms with van der Waals surface area (Å²) >= 11 is 0. The Morgan fingerprint density at radius 3 is 2.33 bits per heavy atom. The summed E-state index contributed by atoms with van der Waals surface area (Å²) in [5.41, 5.74) is 2.58. The van der Waals surface area contributed by atoms with Gasteiger partial charge in [0.15, 0.2) is 0 Å². The van der Waals surface area contributed by atoms with E-state index in [9.17, 15) is 0 Å². The van der Waals surface area contributed by atoms with Crippen molar-refractivity contribution in [3.05, 3.63) is 40.7 Å². The van der Waals surface area contributed by atoms with E-state index in [1.807, 2.05) is 0 Å².